The van der Waals surface area contributed by atoms with Crippen LogP contribution in [0.15, 0.2) is 41.8 Å². The van der Waals surface area contributed by atoms with Gasteiger partial charge in [-0.1, -0.05) is 6.07 Å². The fourth-order valence-corrected chi connectivity index (χ4v) is 2.66. The van der Waals surface area contributed by atoms with Crippen molar-refractivity contribution in [3.05, 3.63) is 42.6 Å². The molecular weight excluding hydrogens is 419 g/mol. The summed E-state index contributed by atoms with van der Waals surface area (Å²) < 4.78 is 7.91. The minimum absolute atomic E-state index is 0. The highest BCUT2D eigenvalue weighted by atomic mass is 127. The van der Waals surface area contributed by atoms with Crippen LogP contribution in [0.25, 0.3) is 0 Å². The molecule has 0 radical (unpaired) electrons. The van der Waals surface area contributed by atoms with Crippen LogP contribution in [0, 0.1) is 0 Å². The molecule has 8 heteroatoms. The molecule has 0 bridgehead atoms. The molecule has 130 valence electrons. The lowest BCUT2D eigenvalue weighted by Gasteiger charge is -2.21. The average Bonchev–Trinajstić information content (AvgIpc) is 3.19. The molecule has 1 aliphatic heterocycles. The van der Waals surface area contributed by atoms with Gasteiger partial charge in [-0.25, -0.2) is 9.97 Å². The van der Waals surface area contributed by atoms with Crippen molar-refractivity contribution in [2.75, 3.05) is 20.1 Å². The molecule has 2 aromatic heterocycles. The molecule has 1 unspecified atom stereocenters. The number of likely N-dealkylation sites (tertiary alicyclic amines) is 1. The second-order valence-corrected chi connectivity index (χ2v) is 5.50. The van der Waals surface area contributed by atoms with Gasteiger partial charge in [-0.15, -0.1) is 24.0 Å². The largest absolute Gasteiger partial charge is 0.472 e. The van der Waals surface area contributed by atoms with Crippen LogP contribution in [0.1, 0.15) is 12.2 Å². The predicted octanol–water partition coefficient (Wildman–Crippen LogP) is 1.66. The Balaban J connectivity index is 0.00000208. The van der Waals surface area contributed by atoms with Crippen molar-refractivity contribution < 1.29 is 4.74 Å². The highest BCUT2D eigenvalue weighted by Gasteiger charge is 2.26. The summed E-state index contributed by atoms with van der Waals surface area (Å²) in [5, 5.41) is 3.36. The third-order valence-corrected chi connectivity index (χ3v) is 3.91. The highest BCUT2D eigenvalue weighted by Crippen LogP contribution is 2.16. The van der Waals surface area contributed by atoms with Gasteiger partial charge in [0.2, 0.25) is 5.88 Å². The zero-order valence-electron chi connectivity index (χ0n) is 13.9. The van der Waals surface area contributed by atoms with Crippen molar-refractivity contribution in [2.45, 2.75) is 19.1 Å². The first-order valence-electron chi connectivity index (χ1n) is 7.75. The number of aryl methyl sites for hydroxylation is 1. The van der Waals surface area contributed by atoms with Gasteiger partial charge >= 0.3 is 0 Å². The zero-order valence-corrected chi connectivity index (χ0v) is 16.3. The Bertz CT molecular complexity index is 660. The van der Waals surface area contributed by atoms with Gasteiger partial charge in [0.15, 0.2) is 5.96 Å². The first-order chi connectivity index (χ1) is 11.3. The van der Waals surface area contributed by atoms with E-state index in [-0.39, 0.29) is 30.1 Å². The molecule has 1 atom stereocenters. The molecule has 7 nitrogen and oxygen atoms in total. The van der Waals surface area contributed by atoms with E-state index in [1.165, 1.54) is 0 Å². The summed E-state index contributed by atoms with van der Waals surface area (Å²) in [5.74, 6) is 2.53. The van der Waals surface area contributed by atoms with Crippen molar-refractivity contribution in [3.63, 3.8) is 0 Å². The van der Waals surface area contributed by atoms with Gasteiger partial charge in [-0.3, -0.25) is 4.99 Å². The fraction of sp³-hybridized carbons (Fsp3) is 0.438. The molecule has 0 saturated carbocycles. The standard InChI is InChI=1S/C16H22N6O.HI/c1-17-16(20-11-14-18-8-10-21(14)2)22-9-6-13(12-22)23-15-5-3-4-7-19-15;/h3-5,7-8,10,13H,6,9,11-12H2,1-2H3,(H,17,20);1H. The van der Waals surface area contributed by atoms with Gasteiger partial charge in [0.05, 0.1) is 13.1 Å². The first-order valence-corrected chi connectivity index (χ1v) is 7.75. The van der Waals surface area contributed by atoms with E-state index in [2.05, 4.69) is 25.2 Å². The van der Waals surface area contributed by atoms with Crippen molar-refractivity contribution in [1.82, 2.24) is 24.8 Å². The summed E-state index contributed by atoms with van der Waals surface area (Å²) in [5.41, 5.74) is 0. The number of rotatable bonds is 4. The van der Waals surface area contributed by atoms with E-state index < -0.39 is 0 Å². The molecule has 0 amide bonds. The topological polar surface area (TPSA) is 67.6 Å². The Morgan fingerprint density at radius 3 is 2.92 bits per heavy atom. The summed E-state index contributed by atoms with van der Waals surface area (Å²) >= 11 is 0. The van der Waals surface area contributed by atoms with Crippen LogP contribution in [-0.4, -0.2) is 51.6 Å². The van der Waals surface area contributed by atoms with Crippen molar-refractivity contribution in [1.29, 1.82) is 0 Å². The molecular formula is C16H23IN6O. The van der Waals surface area contributed by atoms with Crippen LogP contribution in [0.2, 0.25) is 0 Å². The quantitative estimate of drug-likeness (QED) is 0.443. The van der Waals surface area contributed by atoms with Crippen molar-refractivity contribution in [3.8, 4) is 5.88 Å². The lowest BCUT2D eigenvalue weighted by molar-refractivity contribution is 0.205. The van der Waals surface area contributed by atoms with Gasteiger partial charge in [0.1, 0.15) is 11.9 Å². The Morgan fingerprint density at radius 2 is 2.25 bits per heavy atom. The molecule has 0 spiro atoms. The summed E-state index contributed by atoms with van der Waals surface area (Å²) in [4.78, 5) is 15.1. The van der Waals surface area contributed by atoms with Crippen LogP contribution in [0.5, 0.6) is 5.88 Å². The monoisotopic (exact) mass is 442 g/mol. The lowest BCUT2D eigenvalue weighted by Crippen LogP contribution is -2.40. The van der Waals surface area contributed by atoms with E-state index in [1.54, 1.807) is 19.4 Å². The third kappa shape index (κ3) is 4.59. The smallest absolute Gasteiger partial charge is 0.213 e. The van der Waals surface area contributed by atoms with Crippen LogP contribution in [0.3, 0.4) is 0 Å². The van der Waals surface area contributed by atoms with Crippen LogP contribution in [-0.2, 0) is 13.6 Å². The number of nitrogens with one attached hydrogen (secondary N) is 1. The van der Waals surface area contributed by atoms with E-state index in [1.807, 2.05) is 36.0 Å². The number of aliphatic imine (C=N–C) groups is 1. The maximum atomic E-state index is 5.92. The molecule has 3 rings (SSSR count). The minimum Gasteiger partial charge on any atom is -0.472 e. The van der Waals surface area contributed by atoms with Crippen molar-refractivity contribution >= 4 is 29.9 Å². The minimum atomic E-state index is 0. The molecule has 1 saturated heterocycles. The summed E-state index contributed by atoms with van der Waals surface area (Å²) in [6.07, 6.45) is 6.57. The second-order valence-electron chi connectivity index (χ2n) is 5.50. The van der Waals surface area contributed by atoms with Crippen LogP contribution in [0.4, 0.5) is 0 Å². The van der Waals surface area contributed by atoms with E-state index in [0.717, 1.165) is 31.3 Å². The van der Waals surface area contributed by atoms with E-state index >= 15 is 0 Å². The van der Waals surface area contributed by atoms with Crippen LogP contribution >= 0.6 is 24.0 Å². The van der Waals surface area contributed by atoms with Crippen molar-refractivity contribution in [2.24, 2.45) is 12.0 Å². The predicted molar refractivity (Wildman–Crippen MR) is 104 cm³/mol. The maximum Gasteiger partial charge on any atom is 0.213 e. The normalized spacial score (nSPS) is 17.5. The van der Waals surface area contributed by atoms with Gasteiger partial charge in [0.25, 0.3) is 0 Å². The van der Waals surface area contributed by atoms with Gasteiger partial charge in [0, 0.05) is 51.7 Å². The van der Waals surface area contributed by atoms with E-state index in [0.29, 0.717) is 12.4 Å². The Labute approximate surface area is 159 Å². The SMILES string of the molecule is CN=C(NCc1nccn1C)N1CCC(Oc2ccccn2)C1.I. The number of hydrogen-bond acceptors (Lipinski definition) is 4. The highest BCUT2D eigenvalue weighted by molar-refractivity contribution is 14.0. The number of hydrogen-bond donors (Lipinski definition) is 1. The van der Waals surface area contributed by atoms with E-state index in [4.69, 9.17) is 4.74 Å². The summed E-state index contributed by atoms with van der Waals surface area (Å²) in [6, 6.07) is 5.70. The molecule has 1 fully saturated rings. The lowest BCUT2D eigenvalue weighted by atomic mass is 10.3. The Morgan fingerprint density at radius 1 is 1.38 bits per heavy atom. The van der Waals surface area contributed by atoms with Gasteiger partial charge in [-0.2, -0.15) is 0 Å². The van der Waals surface area contributed by atoms with Gasteiger partial charge < -0.3 is 19.5 Å². The zero-order chi connectivity index (χ0) is 16.1. The fourth-order valence-electron chi connectivity index (χ4n) is 2.66. The Kier molecular flexibility index (Phi) is 6.83. The number of pyridine rings is 1. The molecule has 1 N–H and O–H groups in total. The molecule has 3 heterocycles. The number of halogens is 1. The molecule has 24 heavy (non-hydrogen) atoms. The maximum absolute atomic E-state index is 5.92. The van der Waals surface area contributed by atoms with Crippen LogP contribution < -0.4 is 10.1 Å². The molecule has 1 aliphatic rings. The van der Waals surface area contributed by atoms with Gasteiger partial charge in [-0.05, 0) is 6.07 Å². The summed E-state index contributed by atoms with van der Waals surface area (Å²) in [6.45, 7) is 2.37. The number of imidazole rings is 1. The third-order valence-electron chi connectivity index (χ3n) is 3.91. The molecule has 0 aromatic carbocycles. The molecule has 0 aliphatic carbocycles. The Hall–Kier alpha value is -1.84. The number of guanidine groups is 1. The van der Waals surface area contributed by atoms with E-state index in [9.17, 15) is 0 Å². The number of ether oxygens (including phenoxy) is 1. The molecule has 2 aromatic rings. The summed E-state index contributed by atoms with van der Waals surface area (Å²) in [7, 11) is 3.78. The number of nitrogens with zero attached hydrogens (tertiary/aromatic N) is 5. The first kappa shape index (κ1) is 18.5. The second kappa shape index (κ2) is 8.86. The number of aromatic nitrogens is 3. The average molecular weight is 442 g/mol.